The van der Waals surface area contributed by atoms with Gasteiger partial charge in [-0.05, 0) is 12.1 Å². The van der Waals surface area contributed by atoms with E-state index >= 15 is 0 Å². The Hall–Kier alpha value is -2.77. The highest BCUT2D eigenvalue weighted by Gasteiger charge is 2.38. The maximum absolute atomic E-state index is 13.5. The second-order valence-electron chi connectivity index (χ2n) is 5.47. The number of rotatable bonds is 3. The SMILES string of the molecule is NC(=O)[C@@H]1C[C@@H](F)CN1C(=O)Cn1c(=O)cnc2ccccc21. The molecule has 0 bridgehead atoms. The lowest BCUT2D eigenvalue weighted by molar-refractivity contribution is -0.137. The molecule has 0 aliphatic carbocycles. The molecule has 1 aromatic carbocycles. The second-order valence-corrected chi connectivity index (χ2v) is 5.47. The van der Waals surface area contributed by atoms with Gasteiger partial charge in [0, 0.05) is 6.42 Å². The summed E-state index contributed by atoms with van der Waals surface area (Å²) in [6.07, 6.45) is -0.265. The normalized spacial score (nSPS) is 20.8. The fraction of sp³-hybridized carbons (Fsp3) is 0.333. The molecule has 1 saturated heterocycles. The van der Waals surface area contributed by atoms with Gasteiger partial charge in [-0.2, -0.15) is 0 Å². The van der Waals surface area contributed by atoms with Crippen LogP contribution in [0.15, 0.2) is 35.3 Å². The first kappa shape index (κ1) is 15.1. The molecule has 8 heteroatoms. The van der Waals surface area contributed by atoms with E-state index in [1.54, 1.807) is 24.3 Å². The molecule has 23 heavy (non-hydrogen) atoms. The van der Waals surface area contributed by atoms with E-state index in [1.807, 2.05) is 0 Å². The van der Waals surface area contributed by atoms with Crippen molar-refractivity contribution in [2.45, 2.75) is 25.2 Å². The molecule has 0 radical (unpaired) electrons. The number of carbonyl (C=O) groups excluding carboxylic acids is 2. The molecule has 2 aromatic rings. The van der Waals surface area contributed by atoms with Gasteiger partial charge in [0.1, 0.15) is 18.8 Å². The third kappa shape index (κ3) is 2.79. The van der Waals surface area contributed by atoms with Gasteiger partial charge < -0.3 is 10.6 Å². The number of likely N-dealkylation sites (tertiary alicyclic amines) is 1. The van der Waals surface area contributed by atoms with E-state index in [-0.39, 0.29) is 19.5 Å². The number of amides is 2. The predicted octanol–water partition coefficient (Wildman–Crippen LogP) is -0.179. The first-order valence-corrected chi connectivity index (χ1v) is 7.15. The van der Waals surface area contributed by atoms with Crippen molar-refractivity contribution in [2.75, 3.05) is 6.54 Å². The Morgan fingerprint density at radius 2 is 2.09 bits per heavy atom. The number of para-hydroxylation sites is 2. The number of hydrogen-bond acceptors (Lipinski definition) is 4. The number of nitrogens with zero attached hydrogens (tertiary/aromatic N) is 3. The van der Waals surface area contributed by atoms with Gasteiger partial charge in [-0.1, -0.05) is 12.1 Å². The summed E-state index contributed by atoms with van der Waals surface area (Å²) in [5.74, 6) is -1.27. The highest BCUT2D eigenvalue weighted by molar-refractivity contribution is 5.88. The predicted molar refractivity (Wildman–Crippen MR) is 80.2 cm³/mol. The molecule has 1 aromatic heterocycles. The Morgan fingerprint density at radius 3 is 2.83 bits per heavy atom. The van der Waals surface area contributed by atoms with Gasteiger partial charge >= 0.3 is 0 Å². The molecule has 2 atom stereocenters. The van der Waals surface area contributed by atoms with E-state index in [4.69, 9.17) is 5.73 Å². The van der Waals surface area contributed by atoms with Crippen molar-refractivity contribution in [1.82, 2.24) is 14.5 Å². The summed E-state index contributed by atoms with van der Waals surface area (Å²) in [4.78, 5) is 41.0. The number of benzene rings is 1. The van der Waals surface area contributed by atoms with Crippen LogP contribution in [0.5, 0.6) is 0 Å². The fourth-order valence-corrected chi connectivity index (χ4v) is 2.83. The van der Waals surface area contributed by atoms with E-state index in [0.717, 1.165) is 11.1 Å². The van der Waals surface area contributed by atoms with Crippen molar-refractivity contribution in [1.29, 1.82) is 0 Å². The van der Waals surface area contributed by atoms with Crippen LogP contribution in [0.3, 0.4) is 0 Å². The van der Waals surface area contributed by atoms with E-state index in [2.05, 4.69) is 4.98 Å². The maximum atomic E-state index is 13.5. The van der Waals surface area contributed by atoms with Crippen LogP contribution in [0, 0.1) is 0 Å². The molecule has 0 saturated carbocycles. The number of primary amides is 1. The average molecular weight is 318 g/mol. The zero-order valence-electron chi connectivity index (χ0n) is 12.2. The number of carbonyl (C=O) groups is 2. The van der Waals surface area contributed by atoms with Gasteiger partial charge in [-0.3, -0.25) is 19.0 Å². The molecule has 1 aliphatic rings. The lowest BCUT2D eigenvalue weighted by Crippen LogP contribution is -2.45. The molecular weight excluding hydrogens is 303 g/mol. The van der Waals surface area contributed by atoms with Gasteiger partial charge in [0.25, 0.3) is 5.56 Å². The molecular formula is C15H15FN4O3. The molecule has 7 nitrogen and oxygen atoms in total. The largest absolute Gasteiger partial charge is 0.368 e. The van der Waals surface area contributed by atoms with Gasteiger partial charge in [0.05, 0.1) is 23.8 Å². The minimum Gasteiger partial charge on any atom is -0.368 e. The van der Waals surface area contributed by atoms with Crippen LogP contribution in [-0.2, 0) is 16.1 Å². The molecule has 3 rings (SSSR count). The summed E-state index contributed by atoms with van der Waals surface area (Å²) >= 11 is 0. The lowest BCUT2D eigenvalue weighted by Gasteiger charge is -2.22. The van der Waals surface area contributed by atoms with E-state index < -0.39 is 29.6 Å². The fourth-order valence-electron chi connectivity index (χ4n) is 2.83. The summed E-state index contributed by atoms with van der Waals surface area (Å²) in [5.41, 5.74) is 5.85. The summed E-state index contributed by atoms with van der Waals surface area (Å²) in [5, 5.41) is 0. The minimum atomic E-state index is -1.29. The molecule has 1 aliphatic heterocycles. The van der Waals surface area contributed by atoms with Crippen molar-refractivity contribution in [3.63, 3.8) is 0 Å². The van der Waals surface area contributed by atoms with Gasteiger partial charge in [-0.15, -0.1) is 0 Å². The van der Waals surface area contributed by atoms with Crippen molar-refractivity contribution < 1.29 is 14.0 Å². The molecule has 120 valence electrons. The Balaban J connectivity index is 1.93. The van der Waals surface area contributed by atoms with Crippen molar-refractivity contribution in [2.24, 2.45) is 5.73 Å². The van der Waals surface area contributed by atoms with Crippen LogP contribution in [0.4, 0.5) is 4.39 Å². The third-order valence-corrected chi connectivity index (χ3v) is 3.94. The Labute approximate surface area is 130 Å². The molecule has 1 fully saturated rings. The van der Waals surface area contributed by atoms with Gasteiger partial charge in [0.15, 0.2) is 0 Å². The highest BCUT2D eigenvalue weighted by atomic mass is 19.1. The first-order valence-electron chi connectivity index (χ1n) is 7.15. The highest BCUT2D eigenvalue weighted by Crippen LogP contribution is 2.21. The molecule has 0 unspecified atom stereocenters. The molecule has 0 spiro atoms. The van der Waals surface area contributed by atoms with Crippen LogP contribution in [0.1, 0.15) is 6.42 Å². The van der Waals surface area contributed by atoms with Crippen molar-refractivity contribution in [3.05, 3.63) is 40.8 Å². The molecule has 2 heterocycles. The van der Waals surface area contributed by atoms with Crippen LogP contribution in [-0.4, -0.2) is 45.0 Å². The van der Waals surface area contributed by atoms with E-state index in [9.17, 15) is 18.8 Å². The number of halogens is 1. The number of alkyl halides is 1. The average Bonchev–Trinajstić information content (AvgIpc) is 2.92. The van der Waals surface area contributed by atoms with Gasteiger partial charge in [0.2, 0.25) is 11.8 Å². The Morgan fingerprint density at radius 1 is 1.35 bits per heavy atom. The summed E-state index contributed by atoms with van der Waals surface area (Å²) < 4.78 is 14.8. The number of nitrogens with two attached hydrogens (primary N) is 1. The zero-order chi connectivity index (χ0) is 16.6. The van der Waals surface area contributed by atoms with Crippen LogP contribution < -0.4 is 11.3 Å². The van der Waals surface area contributed by atoms with Crippen molar-refractivity contribution >= 4 is 22.8 Å². The minimum absolute atomic E-state index is 0.104. The standard InChI is InChI=1S/C15H15FN4O3/c16-9-5-12(15(17)23)19(7-9)14(22)8-20-11-4-2-1-3-10(11)18-6-13(20)21/h1-4,6,9,12H,5,7-8H2,(H2,17,23)/t9-,12+/m1/s1. The topological polar surface area (TPSA) is 98.3 Å². The lowest BCUT2D eigenvalue weighted by atomic mass is 10.2. The van der Waals surface area contributed by atoms with E-state index in [0.29, 0.717) is 11.0 Å². The zero-order valence-corrected chi connectivity index (χ0v) is 12.2. The maximum Gasteiger partial charge on any atom is 0.269 e. The number of hydrogen-bond donors (Lipinski definition) is 1. The van der Waals surface area contributed by atoms with Crippen LogP contribution in [0.2, 0.25) is 0 Å². The Bertz CT molecular complexity index is 835. The monoisotopic (exact) mass is 318 g/mol. The van der Waals surface area contributed by atoms with Crippen LogP contribution >= 0.6 is 0 Å². The summed E-state index contributed by atoms with van der Waals surface area (Å²) in [7, 11) is 0. The smallest absolute Gasteiger partial charge is 0.269 e. The molecule has 2 amide bonds. The second kappa shape index (κ2) is 5.79. The van der Waals surface area contributed by atoms with E-state index in [1.165, 1.54) is 4.57 Å². The molecule has 2 N–H and O–H groups in total. The third-order valence-electron chi connectivity index (χ3n) is 3.94. The summed E-state index contributed by atoms with van der Waals surface area (Å²) in [6, 6.07) is 5.91. The Kier molecular flexibility index (Phi) is 3.81. The number of aromatic nitrogens is 2. The van der Waals surface area contributed by atoms with Gasteiger partial charge in [-0.25, -0.2) is 9.37 Å². The first-order chi connectivity index (χ1) is 11.0. The quantitative estimate of drug-likeness (QED) is 0.849. The summed E-state index contributed by atoms with van der Waals surface area (Å²) in [6.45, 7) is -0.484. The van der Waals surface area contributed by atoms with Crippen LogP contribution in [0.25, 0.3) is 11.0 Å². The van der Waals surface area contributed by atoms with Crippen molar-refractivity contribution in [3.8, 4) is 0 Å². The number of fused-ring (bicyclic) bond motifs is 1.